The fraction of sp³-hybridized carbons (Fsp3) is 0.500. The number of aromatic nitrogens is 2. The molecule has 2 aromatic carbocycles. The molecule has 0 spiro atoms. The molecule has 4 N–H and O–H groups in total. The summed E-state index contributed by atoms with van der Waals surface area (Å²) in [6.07, 6.45) is 7.19. The third kappa shape index (κ3) is 5.31. The normalized spacial score (nSPS) is 23.8. The Bertz CT molecular complexity index is 1350. The highest BCUT2D eigenvalue weighted by molar-refractivity contribution is 6.11. The van der Waals surface area contributed by atoms with Gasteiger partial charge in [0.1, 0.15) is 0 Å². The quantitative estimate of drug-likeness (QED) is 0.365. The minimum absolute atomic E-state index is 0.00855. The Hall–Kier alpha value is -3.27. The summed E-state index contributed by atoms with van der Waals surface area (Å²) >= 11 is 0. The van der Waals surface area contributed by atoms with Gasteiger partial charge in [0, 0.05) is 36.8 Å². The standard InChI is InChI=1S/C30H37N5O4/c36-18-20-17-21(9-10-22(20)27-23-5-1-2-6-24(23)29(37)33-32-27)31-30(38)28-25-7-3-4-8-26(25)35(34-28)14-11-19-12-15-39-16-13-19/h3-4,7-10,17,19,23-24,27,32,36H,1-2,5-6,11-16,18H2,(H,31,38)(H,33,37). The Morgan fingerprint density at radius 3 is 2.77 bits per heavy atom. The van der Waals surface area contributed by atoms with E-state index in [2.05, 4.69) is 16.2 Å². The van der Waals surface area contributed by atoms with Crippen LogP contribution in [0.4, 0.5) is 5.69 Å². The highest BCUT2D eigenvalue weighted by Gasteiger charge is 2.41. The number of carbonyl (C=O) groups is 2. The van der Waals surface area contributed by atoms with Gasteiger partial charge in [-0.1, -0.05) is 37.1 Å². The van der Waals surface area contributed by atoms with Crippen molar-refractivity contribution in [3.8, 4) is 0 Å². The molecule has 206 valence electrons. The van der Waals surface area contributed by atoms with E-state index in [9.17, 15) is 14.7 Å². The van der Waals surface area contributed by atoms with E-state index in [4.69, 9.17) is 9.84 Å². The first kappa shape index (κ1) is 26.0. The summed E-state index contributed by atoms with van der Waals surface area (Å²) in [6.45, 7) is 2.24. The van der Waals surface area contributed by atoms with Crippen LogP contribution in [0, 0.1) is 17.8 Å². The molecular weight excluding hydrogens is 494 g/mol. The number of ether oxygens (including phenoxy) is 1. The zero-order chi connectivity index (χ0) is 26.8. The molecule has 9 heteroatoms. The first-order valence-corrected chi connectivity index (χ1v) is 14.3. The minimum Gasteiger partial charge on any atom is -0.392 e. The lowest BCUT2D eigenvalue weighted by Crippen LogP contribution is -2.55. The second-order valence-corrected chi connectivity index (χ2v) is 11.1. The molecule has 9 nitrogen and oxygen atoms in total. The number of aliphatic hydroxyl groups excluding tert-OH is 1. The Morgan fingerprint density at radius 2 is 1.92 bits per heavy atom. The van der Waals surface area contributed by atoms with Gasteiger partial charge < -0.3 is 15.2 Å². The molecule has 3 aromatic rings. The van der Waals surface area contributed by atoms with Crippen LogP contribution in [0.3, 0.4) is 0 Å². The second kappa shape index (κ2) is 11.5. The lowest BCUT2D eigenvalue weighted by atomic mass is 9.71. The number of carbonyl (C=O) groups excluding carboxylic acids is 2. The van der Waals surface area contributed by atoms with Crippen LogP contribution < -0.4 is 16.2 Å². The number of nitrogens with one attached hydrogen (secondary N) is 3. The van der Waals surface area contributed by atoms with Gasteiger partial charge in [-0.3, -0.25) is 19.7 Å². The third-order valence-corrected chi connectivity index (χ3v) is 8.80. The van der Waals surface area contributed by atoms with Crippen LogP contribution in [0.5, 0.6) is 0 Å². The molecule has 39 heavy (non-hydrogen) atoms. The van der Waals surface area contributed by atoms with Crippen molar-refractivity contribution >= 4 is 28.4 Å². The van der Waals surface area contributed by atoms with Crippen LogP contribution in [0.15, 0.2) is 42.5 Å². The lowest BCUT2D eigenvalue weighted by Gasteiger charge is -2.41. The van der Waals surface area contributed by atoms with Gasteiger partial charge in [-0.25, -0.2) is 5.43 Å². The summed E-state index contributed by atoms with van der Waals surface area (Å²) in [5.74, 6) is 0.582. The molecule has 3 fully saturated rings. The molecular formula is C30H37N5O4. The van der Waals surface area contributed by atoms with Crippen LogP contribution in [0.2, 0.25) is 0 Å². The monoisotopic (exact) mass is 531 g/mol. The highest BCUT2D eigenvalue weighted by atomic mass is 16.5. The Balaban J connectivity index is 1.21. The molecule has 1 saturated carbocycles. The van der Waals surface area contributed by atoms with E-state index in [1.807, 2.05) is 47.1 Å². The number of hydrogen-bond donors (Lipinski definition) is 4. The van der Waals surface area contributed by atoms with Crippen molar-refractivity contribution in [2.24, 2.45) is 17.8 Å². The third-order valence-electron chi connectivity index (χ3n) is 8.80. The van der Waals surface area contributed by atoms with Gasteiger partial charge >= 0.3 is 0 Å². The van der Waals surface area contributed by atoms with Crippen LogP contribution in [-0.4, -0.2) is 39.9 Å². The number of aliphatic hydroxyl groups is 1. The number of nitrogens with zero attached hydrogens (tertiary/aromatic N) is 2. The van der Waals surface area contributed by atoms with Crippen molar-refractivity contribution in [1.82, 2.24) is 20.6 Å². The maximum absolute atomic E-state index is 13.4. The van der Waals surface area contributed by atoms with E-state index >= 15 is 0 Å². The predicted octanol–water partition coefficient (Wildman–Crippen LogP) is 4.08. The highest BCUT2D eigenvalue weighted by Crippen LogP contribution is 2.41. The molecule has 0 bridgehead atoms. The molecule has 6 rings (SSSR count). The minimum atomic E-state index is -0.275. The number of amides is 2. The van der Waals surface area contributed by atoms with Crippen molar-refractivity contribution in [1.29, 1.82) is 0 Å². The van der Waals surface area contributed by atoms with Gasteiger partial charge in [0.05, 0.1) is 18.2 Å². The summed E-state index contributed by atoms with van der Waals surface area (Å²) in [5, 5.41) is 18.8. The summed E-state index contributed by atoms with van der Waals surface area (Å²) < 4.78 is 7.44. The van der Waals surface area contributed by atoms with Crippen molar-refractivity contribution in [2.45, 2.75) is 64.1 Å². The number of aryl methyl sites for hydroxylation is 1. The SMILES string of the molecule is O=C(Nc1ccc(C2NNC(=O)C3CCCCC32)c(CO)c1)c1nn(CCC2CCOCC2)c2ccccc12. The van der Waals surface area contributed by atoms with Gasteiger partial charge in [-0.2, -0.15) is 5.10 Å². The van der Waals surface area contributed by atoms with E-state index in [-0.39, 0.29) is 36.3 Å². The second-order valence-electron chi connectivity index (χ2n) is 11.1. The first-order chi connectivity index (χ1) is 19.1. The molecule has 3 atom stereocenters. The Labute approximate surface area is 228 Å². The summed E-state index contributed by atoms with van der Waals surface area (Å²) in [4.78, 5) is 25.8. The number of fused-ring (bicyclic) bond motifs is 2. The number of para-hydroxylation sites is 1. The van der Waals surface area contributed by atoms with Crippen LogP contribution >= 0.6 is 0 Å². The topological polar surface area (TPSA) is 118 Å². The van der Waals surface area contributed by atoms with Gasteiger partial charge in [0.25, 0.3) is 5.91 Å². The van der Waals surface area contributed by atoms with E-state index in [1.54, 1.807) is 0 Å². The van der Waals surface area contributed by atoms with E-state index in [0.717, 1.165) is 86.7 Å². The van der Waals surface area contributed by atoms with Crippen LogP contribution in [0.25, 0.3) is 10.9 Å². The summed E-state index contributed by atoms with van der Waals surface area (Å²) in [5.41, 5.74) is 9.67. The van der Waals surface area contributed by atoms with Crippen molar-refractivity contribution in [3.63, 3.8) is 0 Å². The molecule has 2 saturated heterocycles. The molecule has 0 radical (unpaired) electrons. The van der Waals surface area contributed by atoms with Gasteiger partial charge in [0.2, 0.25) is 5.91 Å². The predicted molar refractivity (Wildman–Crippen MR) is 148 cm³/mol. The summed E-state index contributed by atoms with van der Waals surface area (Å²) in [7, 11) is 0. The molecule has 1 aromatic heterocycles. The molecule has 3 unspecified atom stereocenters. The fourth-order valence-corrected chi connectivity index (χ4v) is 6.66. The van der Waals surface area contributed by atoms with Gasteiger partial charge in [-0.15, -0.1) is 0 Å². The molecule has 2 amide bonds. The number of hydrazine groups is 1. The number of rotatable bonds is 7. The largest absolute Gasteiger partial charge is 0.392 e. The number of benzene rings is 2. The molecule has 1 aliphatic carbocycles. The van der Waals surface area contributed by atoms with Crippen molar-refractivity contribution < 1.29 is 19.4 Å². The lowest BCUT2D eigenvalue weighted by molar-refractivity contribution is -0.133. The van der Waals surface area contributed by atoms with Crippen LogP contribution in [-0.2, 0) is 22.7 Å². The molecule has 3 heterocycles. The van der Waals surface area contributed by atoms with E-state index < -0.39 is 0 Å². The zero-order valence-electron chi connectivity index (χ0n) is 22.2. The van der Waals surface area contributed by atoms with Crippen molar-refractivity contribution in [2.75, 3.05) is 18.5 Å². The maximum atomic E-state index is 13.4. The summed E-state index contributed by atoms with van der Waals surface area (Å²) in [6, 6.07) is 13.4. The molecule has 3 aliphatic rings. The Kier molecular flexibility index (Phi) is 7.63. The average Bonchev–Trinajstić information content (AvgIpc) is 3.36. The maximum Gasteiger partial charge on any atom is 0.276 e. The van der Waals surface area contributed by atoms with Crippen LogP contribution in [0.1, 0.15) is 72.6 Å². The number of anilines is 1. The van der Waals surface area contributed by atoms with Gasteiger partial charge in [0.15, 0.2) is 5.69 Å². The number of hydrogen-bond acceptors (Lipinski definition) is 6. The molecule has 2 aliphatic heterocycles. The Morgan fingerprint density at radius 1 is 1.10 bits per heavy atom. The zero-order valence-corrected chi connectivity index (χ0v) is 22.2. The van der Waals surface area contributed by atoms with Gasteiger partial charge in [-0.05, 0) is 73.3 Å². The van der Waals surface area contributed by atoms with Crippen molar-refractivity contribution in [3.05, 3.63) is 59.3 Å². The van der Waals surface area contributed by atoms with E-state index in [1.165, 1.54) is 0 Å². The smallest absolute Gasteiger partial charge is 0.276 e. The fourth-order valence-electron chi connectivity index (χ4n) is 6.66. The van der Waals surface area contributed by atoms with E-state index in [0.29, 0.717) is 17.3 Å². The first-order valence-electron chi connectivity index (χ1n) is 14.3. The average molecular weight is 532 g/mol.